The molecule has 8 heteroatoms. The van der Waals surface area contributed by atoms with Crippen LogP contribution in [-0.4, -0.2) is 24.0 Å². The van der Waals surface area contributed by atoms with Crippen molar-refractivity contribution in [2.24, 2.45) is 5.10 Å². The first-order valence-electron chi connectivity index (χ1n) is 9.62. The zero-order valence-corrected chi connectivity index (χ0v) is 19.0. The molecule has 0 fully saturated rings. The third-order valence-electron chi connectivity index (χ3n) is 4.39. The molecule has 7 nitrogen and oxygen atoms in total. The number of carbonyl (C=O) groups is 3. The van der Waals surface area contributed by atoms with Crippen molar-refractivity contribution in [1.82, 2.24) is 5.43 Å². The van der Waals surface area contributed by atoms with Crippen molar-refractivity contribution >= 4 is 45.6 Å². The summed E-state index contributed by atoms with van der Waals surface area (Å²) < 4.78 is 6.33. The molecule has 0 spiro atoms. The number of hydrogen-bond acceptors (Lipinski definition) is 5. The topological polar surface area (TPSA) is 96.9 Å². The summed E-state index contributed by atoms with van der Waals surface area (Å²) in [7, 11) is 0. The highest BCUT2D eigenvalue weighted by atomic mass is 79.9. The fourth-order valence-electron chi connectivity index (χ4n) is 2.77. The lowest BCUT2D eigenvalue weighted by molar-refractivity contribution is -0.136. The number of para-hydroxylation sites is 1. The van der Waals surface area contributed by atoms with Crippen LogP contribution in [0.4, 0.5) is 5.69 Å². The average Bonchev–Trinajstić information content (AvgIpc) is 2.76. The Morgan fingerprint density at radius 3 is 2.47 bits per heavy atom. The predicted octanol–water partition coefficient (Wildman–Crippen LogP) is 4.37. The van der Waals surface area contributed by atoms with E-state index in [1.165, 1.54) is 6.21 Å². The third kappa shape index (κ3) is 6.12. The number of carbonyl (C=O) groups excluding carboxylic acids is 3. The largest absolute Gasteiger partial charge is 0.422 e. The molecular formula is C24H20BrN3O4. The van der Waals surface area contributed by atoms with Crippen LogP contribution in [0.25, 0.3) is 0 Å². The molecule has 0 aliphatic carbocycles. The Kier molecular flexibility index (Phi) is 7.51. The number of aryl methyl sites for hydroxylation is 2. The minimum absolute atomic E-state index is 0.270. The summed E-state index contributed by atoms with van der Waals surface area (Å²) >= 11 is 3.34. The van der Waals surface area contributed by atoms with E-state index in [1.54, 1.807) is 54.6 Å². The van der Waals surface area contributed by atoms with Crippen LogP contribution in [0.1, 0.15) is 27.0 Å². The van der Waals surface area contributed by atoms with E-state index in [0.717, 1.165) is 15.6 Å². The van der Waals surface area contributed by atoms with Crippen molar-refractivity contribution in [3.63, 3.8) is 0 Å². The van der Waals surface area contributed by atoms with Gasteiger partial charge in [-0.1, -0.05) is 45.8 Å². The molecule has 3 aromatic rings. The van der Waals surface area contributed by atoms with E-state index in [1.807, 2.05) is 26.0 Å². The van der Waals surface area contributed by atoms with Crippen molar-refractivity contribution in [3.8, 4) is 5.75 Å². The summed E-state index contributed by atoms with van der Waals surface area (Å²) in [5, 5.41) is 6.34. The standard InChI is InChI=1S/C24H20BrN3O4/c1-15-6-5-8-17(12-15)24(31)32-21-9-4-3-7-18(21)14-26-28-23(30)22(29)27-20-11-10-19(25)13-16(20)2/h3-14H,1-2H3,(H,27,29)(H,28,30). The highest BCUT2D eigenvalue weighted by Crippen LogP contribution is 2.20. The minimum atomic E-state index is -0.933. The molecule has 0 radical (unpaired) electrons. The Balaban J connectivity index is 1.63. The maximum Gasteiger partial charge on any atom is 0.343 e. The fraction of sp³-hybridized carbons (Fsp3) is 0.0833. The summed E-state index contributed by atoms with van der Waals surface area (Å²) in [4.78, 5) is 36.6. The van der Waals surface area contributed by atoms with Crippen LogP contribution in [0.15, 0.2) is 76.3 Å². The number of anilines is 1. The minimum Gasteiger partial charge on any atom is -0.422 e. The van der Waals surface area contributed by atoms with E-state index in [4.69, 9.17) is 4.74 Å². The molecule has 2 N–H and O–H groups in total. The lowest BCUT2D eigenvalue weighted by atomic mass is 10.1. The molecule has 162 valence electrons. The second kappa shape index (κ2) is 10.5. The predicted molar refractivity (Wildman–Crippen MR) is 126 cm³/mol. The maximum atomic E-state index is 12.4. The SMILES string of the molecule is Cc1cccc(C(=O)Oc2ccccc2C=NNC(=O)C(=O)Nc2ccc(Br)cc2C)c1. The third-order valence-corrected chi connectivity index (χ3v) is 4.88. The summed E-state index contributed by atoms with van der Waals surface area (Å²) in [6, 6.07) is 19.0. The van der Waals surface area contributed by atoms with Crippen LogP contribution in [-0.2, 0) is 9.59 Å². The number of nitrogens with zero attached hydrogens (tertiary/aromatic N) is 1. The summed E-state index contributed by atoms with van der Waals surface area (Å²) in [6.07, 6.45) is 1.30. The fourth-order valence-corrected chi connectivity index (χ4v) is 3.24. The van der Waals surface area contributed by atoms with Gasteiger partial charge < -0.3 is 10.1 Å². The molecule has 0 aromatic heterocycles. The molecule has 3 aromatic carbocycles. The molecule has 32 heavy (non-hydrogen) atoms. The number of hydrogen-bond donors (Lipinski definition) is 2. The number of nitrogens with one attached hydrogen (secondary N) is 2. The molecule has 0 aliphatic heterocycles. The van der Waals surface area contributed by atoms with Crippen LogP contribution in [0.5, 0.6) is 5.75 Å². The number of halogens is 1. The van der Waals surface area contributed by atoms with Crippen molar-refractivity contribution in [1.29, 1.82) is 0 Å². The second-order valence-corrected chi connectivity index (χ2v) is 7.82. The first-order chi connectivity index (χ1) is 15.3. The second-order valence-electron chi connectivity index (χ2n) is 6.91. The number of amides is 2. The lowest BCUT2D eigenvalue weighted by Crippen LogP contribution is -2.32. The van der Waals surface area contributed by atoms with Gasteiger partial charge in [-0.15, -0.1) is 0 Å². The highest BCUT2D eigenvalue weighted by Gasteiger charge is 2.15. The molecule has 0 unspecified atom stereocenters. The van der Waals surface area contributed by atoms with Crippen LogP contribution in [0.3, 0.4) is 0 Å². The van der Waals surface area contributed by atoms with Crippen molar-refractivity contribution in [2.45, 2.75) is 13.8 Å². The van der Waals surface area contributed by atoms with Gasteiger partial charge in [0.2, 0.25) is 0 Å². The Bertz CT molecular complexity index is 1210. The molecule has 0 saturated heterocycles. The number of ether oxygens (including phenoxy) is 1. The first kappa shape index (κ1) is 22.9. The summed E-state index contributed by atoms with van der Waals surface area (Å²) in [5.74, 6) is -2.03. The normalized spacial score (nSPS) is 10.6. The van der Waals surface area contributed by atoms with Gasteiger partial charge in [0.05, 0.1) is 11.8 Å². The van der Waals surface area contributed by atoms with E-state index in [0.29, 0.717) is 16.8 Å². The molecular weight excluding hydrogens is 474 g/mol. The quantitative estimate of drug-likeness (QED) is 0.181. The molecule has 0 heterocycles. The Labute approximate surface area is 193 Å². The van der Waals surface area contributed by atoms with Gasteiger partial charge in [-0.25, -0.2) is 10.2 Å². The zero-order valence-electron chi connectivity index (χ0n) is 17.4. The van der Waals surface area contributed by atoms with Gasteiger partial charge >= 0.3 is 17.8 Å². The van der Waals surface area contributed by atoms with Crippen molar-refractivity contribution in [2.75, 3.05) is 5.32 Å². The molecule has 0 bridgehead atoms. The first-order valence-corrected chi connectivity index (χ1v) is 10.4. The molecule has 0 saturated carbocycles. The maximum absolute atomic E-state index is 12.4. The van der Waals surface area contributed by atoms with Crippen molar-refractivity contribution < 1.29 is 19.1 Å². The van der Waals surface area contributed by atoms with E-state index in [2.05, 4.69) is 31.8 Å². The molecule has 3 rings (SSSR count). The Morgan fingerprint density at radius 1 is 0.938 bits per heavy atom. The molecule has 2 amide bonds. The average molecular weight is 494 g/mol. The van der Waals surface area contributed by atoms with E-state index in [-0.39, 0.29) is 5.75 Å². The van der Waals surface area contributed by atoms with Gasteiger partial charge in [-0.3, -0.25) is 9.59 Å². The van der Waals surface area contributed by atoms with Crippen LogP contribution in [0, 0.1) is 13.8 Å². The van der Waals surface area contributed by atoms with Crippen molar-refractivity contribution in [3.05, 3.63) is 93.5 Å². The van der Waals surface area contributed by atoms with Gasteiger partial charge in [0.1, 0.15) is 5.75 Å². The van der Waals surface area contributed by atoms with E-state index < -0.39 is 17.8 Å². The Morgan fingerprint density at radius 2 is 1.72 bits per heavy atom. The van der Waals surface area contributed by atoms with Gasteiger partial charge in [-0.2, -0.15) is 5.10 Å². The van der Waals surface area contributed by atoms with Crippen LogP contribution in [0.2, 0.25) is 0 Å². The number of esters is 1. The van der Waals surface area contributed by atoms with Gasteiger partial charge in [0.15, 0.2) is 0 Å². The summed E-state index contributed by atoms with van der Waals surface area (Å²) in [6.45, 7) is 3.69. The van der Waals surface area contributed by atoms with Gasteiger partial charge in [0, 0.05) is 15.7 Å². The highest BCUT2D eigenvalue weighted by molar-refractivity contribution is 9.10. The lowest BCUT2D eigenvalue weighted by Gasteiger charge is -2.08. The summed E-state index contributed by atoms with van der Waals surface area (Å²) in [5.41, 5.74) is 5.31. The molecule has 0 atom stereocenters. The van der Waals surface area contributed by atoms with Crippen LogP contribution < -0.4 is 15.5 Å². The Hall–Kier alpha value is -3.78. The zero-order chi connectivity index (χ0) is 23.1. The number of hydrazone groups is 1. The number of benzene rings is 3. The number of rotatable bonds is 5. The van der Waals surface area contributed by atoms with Gasteiger partial charge in [-0.05, 0) is 61.9 Å². The monoisotopic (exact) mass is 493 g/mol. The van der Waals surface area contributed by atoms with E-state index >= 15 is 0 Å². The molecule has 0 aliphatic rings. The van der Waals surface area contributed by atoms with Crippen LogP contribution >= 0.6 is 15.9 Å². The van der Waals surface area contributed by atoms with E-state index in [9.17, 15) is 14.4 Å². The smallest absolute Gasteiger partial charge is 0.343 e. The van der Waals surface area contributed by atoms with Gasteiger partial charge in [0.25, 0.3) is 0 Å².